The fourth-order valence-corrected chi connectivity index (χ4v) is 2.32. The minimum atomic E-state index is -0.230. The molecular weight excluding hydrogens is 328 g/mol. The number of hydrogen-bond donors (Lipinski definition) is 2. The summed E-state index contributed by atoms with van der Waals surface area (Å²) in [7, 11) is 0. The molecule has 0 unspecified atom stereocenters. The number of unbranched alkanes of at least 4 members (excludes halogenated alkanes) is 1. The topological polar surface area (TPSA) is 67.4 Å². The van der Waals surface area contributed by atoms with E-state index in [1.54, 1.807) is 48.5 Å². The fraction of sp³-hybridized carbons (Fsp3) is 0.333. The van der Waals surface area contributed by atoms with Gasteiger partial charge in [0.15, 0.2) is 0 Å². The number of rotatable bonds is 8. The SMILES string of the molecule is CCCCOc1ccc(C(=O)Nc2cccc(C(=O)NC(C)C)c2)cc1. The first kappa shape index (κ1) is 19.5. The van der Waals surface area contributed by atoms with Crippen molar-refractivity contribution in [2.45, 2.75) is 39.7 Å². The Kier molecular flexibility index (Phi) is 7.21. The van der Waals surface area contributed by atoms with Crippen LogP contribution in [0, 0.1) is 0 Å². The Hall–Kier alpha value is -2.82. The smallest absolute Gasteiger partial charge is 0.255 e. The van der Waals surface area contributed by atoms with Gasteiger partial charge in [-0.3, -0.25) is 9.59 Å². The van der Waals surface area contributed by atoms with Gasteiger partial charge in [-0.25, -0.2) is 0 Å². The largest absolute Gasteiger partial charge is 0.494 e. The highest BCUT2D eigenvalue weighted by atomic mass is 16.5. The van der Waals surface area contributed by atoms with Crippen molar-refractivity contribution in [2.24, 2.45) is 0 Å². The van der Waals surface area contributed by atoms with Gasteiger partial charge in [0.1, 0.15) is 5.75 Å². The van der Waals surface area contributed by atoms with E-state index in [0.29, 0.717) is 23.4 Å². The number of benzene rings is 2. The van der Waals surface area contributed by atoms with Gasteiger partial charge in [0.05, 0.1) is 6.61 Å². The van der Waals surface area contributed by atoms with Crippen molar-refractivity contribution >= 4 is 17.5 Å². The van der Waals surface area contributed by atoms with Crippen molar-refractivity contribution in [3.63, 3.8) is 0 Å². The number of anilines is 1. The number of carbonyl (C=O) groups is 2. The van der Waals surface area contributed by atoms with Crippen LogP contribution in [0.15, 0.2) is 48.5 Å². The molecule has 0 aliphatic rings. The summed E-state index contributed by atoms with van der Waals surface area (Å²) >= 11 is 0. The van der Waals surface area contributed by atoms with E-state index >= 15 is 0 Å². The molecule has 138 valence electrons. The van der Waals surface area contributed by atoms with Gasteiger partial charge in [0.2, 0.25) is 0 Å². The quantitative estimate of drug-likeness (QED) is 0.696. The molecule has 26 heavy (non-hydrogen) atoms. The Bertz CT molecular complexity index is 739. The lowest BCUT2D eigenvalue weighted by Gasteiger charge is -2.10. The summed E-state index contributed by atoms with van der Waals surface area (Å²) in [5.41, 5.74) is 1.62. The Morgan fingerprint density at radius 1 is 1.00 bits per heavy atom. The molecule has 0 saturated carbocycles. The molecule has 5 nitrogen and oxygen atoms in total. The van der Waals surface area contributed by atoms with Crippen molar-refractivity contribution in [3.05, 3.63) is 59.7 Å². The van der Waals surface area contributed by atoms with Crippen LogP contribution in [0.1, 0.15) is 54.3 Å². The van der Waals surface area contributed by atoms with Crippen LogP contribution in [0.3, 0.4) is 0 Å². The van der Waals surface area contributed by atoms with Gasteiger partial charge < -0.3 is 15.4 Å². The van der Waals surface area contributed by atoms with Crippen LogP contribution in [0.4, 0.5) is 5.69 Å². The van der Waals surface area contributed by atoms with E-state index in [1.165, 1.54) is 0 Å². The molecule has 2 amide bonds. The van der Waals surface area contributed by atoms with Crippen LogP contribution < -0.4 is 15.4 Å². The number of amides is 2. The van der Waals surface area contributed by atoms with E-state index in [1.807, 2.05) is 13.8 Å². The van der Waals surface area contributed by atoms with Gasteiger partial charge in [-0.2, -0.15) is 0 Å². The lowest BCUT2D eigenvalue weighted by Crippen LogP contribution is -2.30. The van der Waals surface area contributed by atoms with E-state index in [9.17, 15) is 9.59 Å². The summed E-state index contributed by atoms with van der Waals surface area (Å²) < 4.78 is 5.60. The molecule has 0 spiro atoms. The Labute approximate surface area is 154 Å². The highest BCUT2D eigenvalue weighted by Crippen LogP contribution is 2.16. The number of hydrogen-bond acceptors (Lipinski definition) is 3. The lowest BCUT2D eigenvalue weighted by atomic mass is 10.1. The van der Waals surface area contributed by atoms with E-state index in [0.717, 1.165) is 18.6 Å². The highest BCUT2D eigenvalue weighted by molar-refractivity contribution is 6.05. The first-order valence-electron chi connectivity index (χ1n) is 8.94. The minimum absolute atomic E-state index is 0.0545. The molecule has 0 aliphatic carbocycles. The van der Waals surface area contributed by atoms with Gasteiger partial charge in [0.25, 0.3) is 11.8 Å². The Morgan fingerprint density at radius 3 is 2.38 bits per heavy atom. The van der Waals surface area contributed by atoms with Crippen LogP contribution in [0.2, 0.25) is 0 Å². The van der Waals surface area contributed by atoms with E-state index in [-0.39, 0.29) is 17.9 Å². The summed E-state index contributed by atoms with van der Waals surface area (Å²) in [6, 6.07) is 14.0. The van der Waals surface area contributed by atoms with Gasteiger partial charge in [-0.15, -0.1) is 0 Å². The number of carbonyl (C=O) groups excluding carboxylic acids is 2. The van der Waals surface area contributed by atoms with E-state index in [2.05, 4.69) is 17.6 Å². The maximum Gasteiger partial charge on any atom is 0.255 e. The number of ether oxygens (including phenoxy) is 1. The van der Waals surface area contributed by atoms with E-state index < -0.39 is 0 Å². The monoisotopic (exact) mass is 354 g/mol. The second kappa shape index (κ2) is 9.61. The van der Waals surface area contributed by atoms with Crippen molar-refractivity contribution in [1.82, 2.24) is 5.32 Å². The molecule has 0 bridgehead atoms. The van der Waals surface area contributed by atoms with Crippen LogP contribution in [0.25, 0.3) is 0 Å². The molecule has 0 radical (unpaired) electrons. The molecule has 2 rings (SSSR count). The van der Waals surface area contributed by atoms with Gasteiger partial charge in [-0.1, -0.05) is 19.4 Å². The zero-order chi connectivity index (χ0) is 18.9. The van der Waals surface area contributed by atoms with Crippen LogP contribution in [-0.4, -0.2) is 24.5 Å². The standard InChI is InChI=1S/C21H26N2O3/c1-4-5-13-26-19-11-9-16(10-12-19)20(24)23-18-8-6-7-17(14-18)21(25)22-15(2)3/h6-12,14-15H,4-5,13H2,1-3H3,(H,22,25)(H,23,24). The molecule has 0 aliphatic heterocycles. The normalized spacial score (nSPS) is 10.5. The fourth-order valence-electron chi connectivity index (χ4n) is 2.32. The Balaban J connectivity index is 2.00. The molecule has 2 aromatic rings. The lowest BCUT2D eigenvalue weighted by molar-refractivity contribution is 0.0941. The minimum Gasteiger partial charge on any atom is -0.494 e. The highest BCUT2D eigenvalue weighted by Gasteiger charge is 2.10. The second-order valence-electron chi connectivity index (χ2n) is 6.39. The third kappa shape index (κ3) is 5.92. The summed E-state index contributed by atoms with van der Waals surface area (Å²) in [5, 5.41) is 5.65. The first-order valence-corrected chi connectivity index (χ1v) is 8.94. The van der Waals surface area contributed by atoms with Crippen LogP contribution in [-0.2, 0) is 0 Å². The average Bonchev–Trinajstić information content (AvgIpc) is 2.62. The first-order chi connectivity index (χ1) is 12.5. The van der Waals surface area contributed by atoms with Crippen LogP contribution >= 0.6 is 0 Å². The molecular formula is C21H26N2O3. The number of nitrogens with one attached hydrogen (secondary N) is 2. The third-order valence-electron chi connectivity index (χ3n) is 3.69. The zero-order valence-electron chi connectivity index (χ0n) is 15.5. The van der Waals surface area contributed by atoms with Crippen molar-refractivity contribution in [3.8, 4) is 5.75 Å². The molecule has 0 heterocycles. The molecule has 0 atom stereocenters. The molecule has 2 N–H and O–H groups in total. The third-order valence-corrected chi connectivity index (χ3v) is 3.69. The summed E-state index contributed by atoms with van der Waals surface area (Å²) in [4.78, 5) is 24.5. The molecule has 2 aromatic carbocycles. The predicted octanol–water partition coefficient (Wildman–Crippen LogP) is 4.26. The predicted molar refractivity (Wildman–Crippen MR) is 104 cm³/mol. The van der Waals surface area contributed by atoms with Gasteiger partial charge >= 0.3 is 0 Å². The van der Waals surface area contributed by atoms with Crippen molar-refractivity contribution < 1.29 is 14.3 Å². The average molecular weight is 354 g/mol. The summed E-state index contributed by atoms with van der Waals surface area (Å²) in [5.74, 6) is 0.360. The molecule has 5 heteroatoms. The molecule has 0 fully saturated rings. The van der Waals surface area contributed by atoms with Crippen molar-refractivity contribution in [2.75, 3.05) is 11.9 Å². The molecule has 0 saturated heterocycles. The van der Waals surface area contributed by atoms with E-state index in [4.69, 9.17) is 4.74 Å². The zero-order valence-corrected chi connectivity index (χ0v) is 15.5. The Morgan fingerprint density at radius 2 is 1.73 bits per heavy atom. The molecule has 0 aromatic heterocycles. The summed E-state index contributed by atoms with van der Waals surface area (Å²) in [6.45, 7) is 6.59. The maximum atomic E-state index is 12.4. The summed E-state index contributed by atoms with van der Waals surface area (Å²) in [6.07, 6.45) is 2.08. The second-order valence-corrected chi connectivity index (χ2v) is 6.39. The van der Waals surface area contributed by atoms with Crippen molar-refractivity contribution in [1.29, 1.82) is 0 Å². The van der Waals surface area contributed by atoms with Gasteiger partial charge in [0, 0.05) is 22.9 Å². The van der Waals surface area contributed by atoms with Gasteiger partial charge in [-0.05, 0) is 62.7 Å². The van der Waals surface area contributed by atoms with Crippen LogP contribution in [0.5, 0.6) is 5.75 Å². The maximum absolute atomic E-state index is 12.4.